The largest absolute Gasteiger partial charge is 0.490 e. The highest BCUT2D eigenvalue weighted by Crippen LogP contribution is 2.32. The average molecular weight is 280 g/mol. The Bertz CT molecular complexity index is 390. The molecule has 1 amide bonds. The molecule has 1 unspecified atom stereocenters. The molecule has 0 aromatic rings. The summed E-state index contributed by atoms with van der Waals surface area (Å²) in [6, 6.07) is 0.412. The Morgan fingerprint density at radius 2 is 2.15 bits per heavy atom. The molecule has 2 aliphatic heterocycles. The van der Waals surface area contributed by atoms with Gasteiger partial charge in [-0.15, -0.1) is 0 Å². The summed E-state index contributed by atoms with van der Waals surface area (Å²) in [6.07, 6.45) is 3.71. The molecule has 2 aliphatic rings. The molecule has 1 N–H and O–H groups in total. The lowest BCUT2D eigenvalue weighted by Crippen LogP contribution is -2.45. The SMILES string of the molecule is CC(C)C[C@H]1C(OC(C)(C)C)=CC(=O)N1C1CCNC1. The van der Waals surface area contributed by atoms with E-state index < -0.39 is 0 Å². The molecular weight excluding hydrogens is 252 g/mol. The monoisotopic (exact) mass is 280 g/mol. The standard InChI is InChI=1S/C16H28N2O2/c1-11(2)8-13-14(20-16(3,4)5)9-15(19)18(13)12-6-7-17-10-12/h9,11-13,17H,6-8,10H2,1-5H3/t12?,13-/m0/s1. The van der Waals surface area contributed by atoms with Crippen molar-refractivity contribution < 1.29 is 9.53 Å². The lowest BCUT2D eigenvalue weighted by atomic mass is 10.0. The summed E-state index contributed by atoms with van der Waals surface area (Å²) < 4.78 is 6.05. The fraction of sp³-hybridized carbons (Fsp3) is 0.812. The molecule has 0 saturated carbocycles. The Balaban J connectivity index is 2.18. The van der Waals surface area contributed by atoms with Gasteiger partial charge in [-0.05, 0) is 46.1 Å². The lowest BCUT2D eigenvalue weighted by Gasteiger charge is -2.34. The predicted octanol–water partition coefficient (Wildman–Crippen LogP) is 2.30. The maximum absolute atomic E-state index is 12.4. The third-order valence-corrected chi connectivity index (χ3v) is 3.73. The second-order valence-electron chi connectivity index (χ2n) is 7.30. The van der Waals surface area contributed by atoms with Crippen LogP contribution in [0.15, 0.2) is 11.8 Å². The average Bonchev–Trinajstić information content (AvgIpc) is 2.85. The second-order valence-corrected chi connectivity index (χ2v) is 7.30. The zero-order valence-electron chi connectivity index (χ0n) is 13.4. The first kappa shape index (κ1) is 15.4. The van der Waals surface area contributed by atoms with Crippen LogP contribution in [0.2, 0.25) is 0 Å². The van der Waals surface area contributed by atoms with Crippen molar-refractivity contribution in [3.63, 3.8) is 0 Å². The van der Waals surface area contributed by atoms with E-state index in [1.165, 1.54) is 0 Å². The van der Waals surface area contributed by atoms with Gasteiger partial charge in [-0.2, -0.15) is 0 Å². The van der Waals surface area contributed by atoms with Gasteiger partial charge in [0, 0.05) is 18.7 Å². The van der Waals surface area contributed by atoms with Crippen LogP contribution < -0.4 is 5.32 Å². The number of rotatable bonds is 4. The quantitative estimate of drug-likeness (QED) is 0.859. The topological polar surface area (TPSA) is 41.6 Å². The molecule has 0 aromatic heterocycles. The van der Waals surface area contributed by atoms with Gasteiger partial charge >= 0.3 is 0 Å². The van der Waals surface area contributed by atoms with Gasteiger partial charge in [0.25, 0.3) is 5.91 Å². The van der Waals surface area contributed by atoms with Crippen molar-refractivity contribution in [2.24, 2.45) is 5.92 Å². The molecule has 4 heteroatoms. The summed E-state index contributed by atoms with van der Waals surface area (Å²) in [7, 11) is 0. The van der Waals surface area contributed by atoms with Gasteiger partial charge in [-0.3, -0.25) is 4.79 Å². The highest BCUT2D eigenvalue weighted by molar-refractivity contribution is 5.91. The molecule has 114 valence electrons. The van der Waals surface area contributed by atoms with E-state index in [2.05, 4.69) is 19.2 Å². The van der Waals surface area contributed by atoms with Gasteiger partial charge in [0.2, 0.25) is 0 Å². The smallest absolute Gasteiger partial charge is 0.250 e. The molecule has 1 saturated heterocycles. The molecule has 2 heterocycles. The van der Waals surface area contributed by atoms with Crippen molar-refractivity contribution in [3.05, 3.63) is 11.8 Å². The van der Waals surface area contributed by atoms with Crippen molar-refractivity contribution in [3.8, 4) is 0 Å². The van der Waals surface area contributed by atoms with Crippen molar-refractivity contribution in [1.82, 2.24) is 10.2 Å². The van der Waals surface area contributed by atoms with Gasteiger partial charge in [0.1, 0.15) is 11.4 Å². The first-order valence-electron chi connectivity index (χ1n) is 7.71. The molecule has 20 heavy (non-hydrogen) atoms. The van der Waals surface area contributed by atoms with Gasteiger partial charge in [-0.25, -0.2) is 0 Å². The highest BCUT2D eigenvalue weighted by Gasteiger charge is 2.40. The number of carbonyl (C=O) groups excluding carboxylic acids is 1. The summed E-state index contributed by atoms with van der Waals surface area (Å²) in [5.41, 5.74) is -0.259. The van der Waals surface area contributed by atoms with Gasteiger partial charge < -0.3 is 15.0 Å². The highest BCUT2D eigenvalue weighted by atomic mass is 16.5. The Morgan fingerprint density at radius 3 is 2.65 bits per heavy atom. The van der Waals surface area contributed by atoms with E-state index in [0.717, 1.165) is 31.7 Å². The molecule has 0 radical (unpaired) electrons. The zero-order valence-corrected chi connectivity index (χ0v) is 13.4. The number of nitrogens with one attached hydrogen (secondary N) is 1. The minimum atomic E-state index is -0.259. The second kappa shape index (κ2) is 5.76. The van der Waals surface area contributed by atoms with Crippen molar-refractivity contribution >= 4 is 5.91 Å². The summed E-state index contributed by atoms with van der Waals surface area (Å²) in [5.74, 6) is 1.50. The number of amides is 1. The van der Waals surface area contributed by atoms with Gasteiger partial charge in [0.05, 0.1) is 6.04 Å². The summed E-state index contributed by atoms with van der Waals surface area (Å²) in [4.78, 5) is 14.4. The third kappa shape index (κ3) is 3.54. The van der Waals surface area contributed by atoms with Crippen LogP contribution in [-0.4, -0.2) is 41.6 Å². The van der Waals surface area contributed by atoms with E-state index in [1.54, 1.807) is 6.08 Å². The summed E-state index contributed by atoms with van der Waals surface area (Å²) in [6.45, 7) is 12.4. The molecule has 0 bridgehead atoms. The van der Waals surface area contributed by atoms with Crippen molar-refractivity contribution in [1.29, 1.82) is 0 Å². The van der Waals surface area contributed by atoms with Crippen LogP contribution in [0, 0.1) is 5.92 Å². The zero-order chi connectivity index (χ0) is 14.9. The lowest BCUT2D eigenvalue weighted by molar-refractivity contribution is -0.128. The van der Waals surface area contributed by atoms with Crippen LogP contribution >= 0.6 is 0 Å². The fourth-order valence-electron chi connectivity index (χ4n) is 3.02. The number of ether oxygens (including phenoxy) is 1. The Morgan fingerprint density at radius 1 is 1.45 bits per heavy atom. The first-order chi connectivity index (χ1) is 9.28. The predicted molar refractivity (Wildman–Crippen MR) is 80.3 cm³/mol. The summed E-state index contributed by atoms with van der Waals surface area (Å²) in [5, 5.41) is 3.35. The van der Waals surface area contributed by atoms with Gasteiger partial charge in [-0.1, -0.05) is 13.8 Å². The third-order valence-electron chi connectivity index (χ3n) is 3.73. The summed E-state index contributed by atoms with van der Waals surface area (Å²) >= 11 is 0. The van der Waals surface area contributed by atoms with Crippen LogP contribution in [0.3, 0.4) is 0 Å². The normalized spacial score (nSPS) is 27.4. The minimum absolute atomic E-state index is 0.103. The van der Waals surface area contributed by atoms with Gasteiger partial charge in [0.15, 0.2) is 0 Å². The molecule has 2 atom stereocenters. The molecular formula is C16H28N2O2. The number of carbonyl (C=O) groups is 1. The van der Waals surface area contributed by atoms with Crippen LogP contribution in [0.4, 0.5) is 0 Å². The van der Waals surface area contributed by atoms with Crippen molar-refractivity contribution in [2.75, 3.05) is 13.1 Å². The van der Waals surface area contributed by atoms with Crippen LogP contribution in [0.1, 0.15) is 47.5 Å². The Hall–Kier alpha value is -1.03. The number of nitrogens with zero attached hydrogens (tertiary/aromatic N) is 1. The van der Waals surface area contributed by atoms with E-state index in [1.807, 2.05) is 25.7 Å². The van der Waals surface area contributed by atoms with E-state index in [4.69, 9.17) is 4.74 Å². The molecule has 0 aromatic carbocycles. The molecule has 1 fully saturated rings. The van der Waals surface area contributed by atoms with E-state index in [-0.39, 0.29) is 17.6 Å². The molecule has 4 nitrogen and oxygen atoms in total. The number of hydrogen-bond donors (Lipinski definition) is 1. The Kier molecular flexibility index (Phi) is 4.43. The number of hydrogen-bond acceptors (Lipinski definition) is 3. The molecule has 0 aliphatic carbocycles. The first-order valence-corrected chi connectivity index (χ1v) is 7.71. The van der Waals surface area contributed by atoms with Crippen LogP contribution in [0.5, 0.6) is 0 Å². The van der Waals surface area contributed by atoms with Crippen LogP contribution in [0.25, 0.3) is 0 Å². The molecule has 0 spiro atoms. The van der Waals surface area contributed by atoms with Crippen molar-refractivity contribution in [2.45, 2.75) is 65.1 Å². The minimum Gasteiger partial charge on any atom is -0.490 e. The van der Waals surface area contributed by atoms with Crippen LogP contribution in [-0.2, 0) is 9.53 Å². The molecule has 2 rings (SSSR count). The Labute approximate surface area is 122 Å². The fourth-order valence-corrected chi connectivity index (χ4v) is 3.02. The maximum atomic E-state index is 12.4. The maximum Gasteiger partial charge on any atom is 0.250 e. The van der Waals surface area contributed by atoms with E-state index >= 15 is 0 Å². The van der Waals surface area contributed by atoms with E-state index in [0.29, 0.717) is 12.0 Å². The van der Waals surface area contributed by atoms with E-state index in [9.17, 15) is 4.79 Å².